The van der Waals surface area contributed by atoms with Crippen LogP contribution in [0.4, 0.5) is 0 Å². The van der Waals surface area contributed by atoms with Crippen LogP contribution in [0.2, 0.25) is 0 Å². The van der Waals surface area contributed by atoms with E-state index in [4.69, 9.17) is 5.11 Å². The molecule has 0 radical (unpaired) electrons. The van der Waals surface area contributed by atoms with Gasteiger partial charge in [0, 0.05) is 12.0 Å². The highest BCUT2D eigenvalue weighted by atomic mass is 16.4. The van der Waals surface area contributed by atoms with Crippen molar-refractivity contribution in [2.45, 2.75) is 57.9 Å². The van der Waals surface area contributed by atoms with Crippen LogP contribution in [0.15, 0.2) is 0 Å². The van der Waals surface area contributed by atoms with Gasteiger partial charge in [-0.3, -0.25) is 9.59 Å². The van der Waals surface area contributed by atoms with Gasteiger partial charge in [-0.05, 0) is 44.4 Å². The van der Waals surface area contributed by atoms with E-state index in [0.29, 0.717) is 12.8 Å². The minimum absolute atomic E-state index is 0.0995. The second kappa shape index (κ2) is 5.72. The molecule has 18 heavy (non-hydrogen) atoms. The van der Waals surface area contributed by atoms with Gasteiger partial charge in [0.2, 0.25) is 5.91 Å². The van der Waals surface area contributed by atoms with Gasteiger partial charge in [-0.25, -0.2) is 0 Å². The molecule has 0 aromatic carbocycles. The van der Waals surface area contributed by atoms with Crippen molar-refractivity contribution in [1.29, 1.82) is 0 Å². The Balaban J connectivity index is 1.69. The monoisotopic (exact) mass is 253 g/mol. The summed E-state index contributed by atoms with van der Waals surface area (Å²) in [5.74, 6) is 0.138. The van der Waals surface area contributed by atoms with E-state index in [1.807, 2.05) is 0 Å². The molecule has 2 N–H and O–H groups in total. The van der Waals surface area contributed by atoms with Crippen molar-refractivity contribution in [3.63, 3.8) is 0 Å². The first kappa shape index (κ1) is 13.4. The van der Waals surface area contributed by atoms with E-state index in [2.05, 4.69) is 12.2 Å². The molecule has 0 bridgehead atoms. The molecule has 4 nitrogen and oxygen atoms in total. The Hall–Kier alpha value is -1.06. The second-order valence-corrected chi connectivity index (χ2v) is 5.84. The molecular formula is C14H23NO3. The summed E-state index contributed by atoms with van der Waals surface area (Å²) in [5.41, 5.74) is 0. The average Bonchev–Trinajstić information content (AvgIpc) is 2.32. The number of hydrogen-bond acceptors (Lipinski definition) is 2. The lowest BCUT2D eigenvalue weighted by Gasteiger charge is -2.35. The summed E-state index contributed by atoms with van der Waals surface area (Å²) in [6, 6.07) is 0.0995. The van der Waals surface area contributed by atoms with E-state index >= 15 is 0 Å². The number of carboxylic acids is 1. The third kappa shape index (κ3) is 3.03. The summed E-state index contributed by atoms with van der Waals surface area (Å²) in [5, 5.41) is 11.8. The number of carbonyl (C=O) groups is 2. The van der Waals surface area contributed by atoms with E-state index in [0.717, 1.165) is 31.6 Å². The molecule has 0 atom stereocenters. The van der Waals surface area contributed by atoms with Crippen LogP contribution in [-0.4, -0.2) is 23.0 Å². The molecular weight excluding hydrogens is 230 g/mol. The SMILES string of the molecule is CCC1CCC(C(=O)NC2CC(C(=O)O)C2)CC1. The van der Waals surface area contributed by atoms with Crippen LogP contribution in [0.25, 0.3) is 0 Å². The number of carboxylic acid groups (broad SMARTS) is 1. The zero-order valence-electron chi connectivity index (χ0n) is 11.0. The molecule has 2 aliphatic carbocycles. The van der Waals surface area contributed by atoms with Crippen molar-refractivity contribution >= 4 is 11.9 Å². The van der Waals surface area contributed by atoms with Gasteiger partial charge in [-0.2, -0.15) is 0 Å². The van der Waals surface area contributed by atoms with Crippen LogP contribution in [0.5, 0.6) is 0 Å². The van der Waals surface area contributed by atoms with Gasteiger partial charge >= 0.3 is 5.97 Å². The maximum Gasteiger partial charge on any atom is 0.306 e. The van der Waals surface area contributed by atoms with E-state index in [1.54, 1.807) is 0 Å². The number of aliphatic carboxylic acids is 1. The van der Waals surface area contributed by atoms with Gasteiger partial charge in [0.05, 0.1) is 5.92 Å². The summed E-state index contributed by atoms with van der Waals surface area (Å²) in [4.78, 5) is 22.7. The number of rotatable bonds is 4. The van der Waals surface area contributed by atoms with E-state index in [9.17, 15) is 9.59 Å². The summed E-state index contributed by atoms with van der Waals surface area (Å²) in [7, 11) is 0. The molecule has 2 saturated carbocycles. The Labute approximate surface area is 108 Å². The van der Waals surface area contributed by atoms with Gasteiger partial charge in [0.25, 0.3) is 0 Å². The summed E-state index contributed by atoms with van der Waals surface area (Å²) in [6.45, 7) is 2.21. The molecule has 0 aromatic heterocycles. The predicted molar refractivity (Wildman–Crippen MR) is 68.0 cm³/mol. The topological polar surface area (TPSA) is 66.4 Å². The van der Waals surface area contributed by atoms with Gasteiger partial charge in [0.15, 0.2) is 0 Å². The van der Waals surface area contributed by atoms with Crippen molar-refractivity contribution in [3.8, 4) is 0 Å². The lowest BCUT2D eigenvalue weighted by atomic mass is 9.78. The third-order valence-electron chi connectivity index (χ3n) is 4.63. The van der Waals surface area contributed by atoms with Crippen LogP contribution < -0.4 is 5.32 Å². The van der Waals surface area contributed by atoms with Crippen molar-refractivity contribution in [3.05, 3.63) is 0 Å². The molecule has 4 heteroatoms. The highest BCUT2D eigenvalue weighted by Crippen LogP contribution is 2.32. The first-order valence-electron chi connectivity index (χ1n) is 7.13. The maximum absolute atomic E-state index is 12.0. The zero-order chi connectivity index (χ0) is 13.1. The lowest BCUT2D eigenvalue weighted by molar-refractivity contribution is -0.146. The molecule has 0 spiro atoms. The summed E-state index contributed by atoms with van der Waals surface area (Å²) in [6.07, 6.45) is 6.75. The Morgan fingerprint density at radius 1 is 1.11 bits per heavy atom. The van der Waals surface area contributed by atoms with Gasteiger partial charge in [-0.15, -0.1) is 0 Å². The Bertz CT molecular complexity index is 315. The Morgan fingerprint density at radius 3 is 2.22 bits per heavy atom. The fourth-order valence-corrected chi connectivity index (χ4v) is 3.09. The summed E-state index contributed by atoms with van der Waals surface area (Å²) < 4.78 is 0. The molecule has 102 valence electrons. The second-order valence-electron chi connectivity index (χ2n) is 5.84. The van der Waals surface area contributed by atoms with Gasteiger partial charge < -0.3 is 10.4 Å². The highest BCUT2D eigenvalue weighted by molar-refractivity contribution is 5.79. The molecule has 2 aliphatic rings. The third-order valence-corrected chi connectivity index (χ3v) is 4.63. The quantitative estimate of drug-likeness (QED) is 0.807. The van der Waals surface area contributed by atoms with Crippen molar-refractivity contribution < 1.29 is 14.7 Å². The largest absolute Gasteiger partial charge is 0.481 e. The number of nitrogens with one attached hydrogen (secondary N) is 1. The smallest absolute Gasteiger partial charge is 0.306 e. The highest BCUT2D eigenvalue weighted by Gasteiger charge is 2.36. The number of amides is 1. The molecule has 0 saturated heterocycles. The summed E-state index contributed by atoms with van der Waals surface area (Å²) >= 11 is 0. The fourth-order valence-electron chi connectivity index (χ4n) is 3.09. The predicted octanol–water partition coefficient (Wildman–Crippen LogP) is 2.18. The minimum atomic E-state index is -0.732. The van der Waals surface area contributed by atoms with Crippen LogP contribution >= 0.6 is 0 Å². The molecule has 2 fully saturated rings. The standard InChI is InChI=1S/C14H23NO3/c1-2-9-3-5-10(6-4-9)13(16)15-12-7-11(8-12)14(17)18/h9-12H,2-8H2,1H3,(H,15,16)(H,17,18). The van der Waals surface area contributed by atoms with Gasteiger partial charge in [-0.1, -0.05) is 13.3 Å². The Kier molecular flexibility index (Phi) is 4.25. The van der Waals surface area contributed by atoms with Crippen LogP contribution in [0.3, 0.4) is 0 Å². The van der Waals surface area contributed by atoms with E-state index in [-0.39, 0.29) is 23.8 Å². The first-order chi connectivity index (χ1) is 8.60. The molecule has 0 heterocycles. The van der Waals surface area contributed by atoms with E-state index < -0.39 is 5.97 Å². The molecule has 0 aromatic rings. The Morgan fingerprint density at radius 2 is 1.72 bits per heavy atom. The minimum Gasteiger partial charge on any atom is -0.481 e. The molecule has 1 amide bonds. The number of hydrogen-bond donors (Lipinski definition) is 2. The van der Waals surface area contributed by atoms with Crippen LogP contribution in [0, 0.1) is 17.8 Å². The molecule has 0 aliphatic heterocycles. The normalized spacial score (nSPS) is 35.6. The van der Waals surface area contributed by atoms with Crippen molar-refractivity contribution in [2.75, 3.05) is 0 Å². The molecule has 0 unspecified atom stereocenters. The average molecular weight is 253 g/mol. The van der Waals surface area contributed by atoms with Crippen molar-refractivity contribution in [2.24, 2.45) is 17.8 Å². The van der Waals surface area contributed by atoms with Crippen LogP contribution in [-0.2, 0) is 9.59 Å². The van der Waals surface area contributed by atoms with Crippen LogP contribution in [0.1, 0.15) is 51.9 Å². The van der Waals surface area contributed by atoms with Gasteiger partial charge in [0.1, 0.15) is 0 Å². The lowest BCUT2D eigenvalue weighted by Crippen LogP contribution is -2.48. The fraction of sp³-hybridized carbons (Fsp3) is 0.857. The molecule has 2 rings (SSSR count). The number of carbonyl (C=O) groups excluding carboxylic acids is 1. The maximum atomic E-state index is 12.0. The van der Waals surface area contributed by atoms with Crippen molar-refractivity contribution in [1.82, 2.24) is 5.32 Å². The first-order valence-corrected chi connectivity index (χ1v) is 7.13. The van der Waals surface area contributed by atoms with E-state index in [1.165, 1.54) is 6.42 Å². The zero-order valence-corrected chi connectivity index (χ0v) is 11.0.